The summed E-state index contributed by atoms with van der Waals surface area (Å²) in [6, 6.07) is 21.6. The molecule has 0 unspecified atom stereocenters. The van der Waals surface area contributed by atoms with Crippen LogP contribution < -0.4 is 19.3 Å². The molecule has 0 aromatic heterocycles. The fourth-order valence-electron chi connectivity index (χ4n) is 4.16. The zero-order chi connectivity index (χ0) is 25.0. The number of sulfonamides is 1. The van der Waals surface area contributed by atoms with Crippen molar-refractivity contribution in [3.8, 4) is 5.75 Å². The van der Waals surface area contributed by atoms with E-state index in [9.17, 15) is 13.2 Å². The summed E-state index contributed by atoms with van der Waals surface area (Å²) < 4.78 is 34.2. The molecule has 1 N–H and O–H groups in total. The second-order valence-corrected chi connectivity index (χ2v) is 10.3. The second-order valence-electron chi connectivity index (χ2n) is 8.48. The molecule has 0 saturated carbocycles. The average Bonchev–Trinajstić information content (AvgIpc) is 2.88. The summed E-state index contributed by atoms with van der Waals surface area (Å²) >= 11 is 0. The summed E-state index contributed by atoms with van der Waals surface area (Å²) in [5, 5.41) is 2.90. The van der Waals surface area contributed by atoms with E-state index in [-0.39, 0.29) is 17.3 Å². The fourth-order valence-corrected chi connectivity index (χ4v) is 5.66. The molecule has 0 bridgehead atoms. The van der Waals surface area contributed by atoms with E-state index in [0.29, 0.717) is 18.0 Å². The predicted molar refractivity (Wildman–Crippen MR) is 138 cm³/mol. The number of anilines is 2. The number of carbonyl (C=O) groups is 1. The van der Waals surface area contributed by atoms with Gasteiger partial charge in [-0.25, -0.2) is 8.42 Å². The third kappa shape index (κ3) is 5.27. The predicted octanol–water partition coefficient (Wildman–Crippen LogP) is 4.11. The third-order valence-corrected chi connectivity index (χ3v) is 7.93. The van der Waals surface area contributed by atoms with Gasteiger partial charge in [0.15, 0.2) is 6.10 Å². The highest BCUT2D eigenvalue weighted by molar-refractivity contribution is 7.92. The van der Waals surface area contributed by atoms with E-state index in [1.54, 1.807) is 42.5 Å². The molecular weight excluding hydrogens is 462 g/mol. The summed E-state index contributed by atoms with van der Waals surface area (Å²) in [6.45, 7) is 8.18. The molecule has 1 aliphatic rings. The van der Waals surface area contributed by atoms with Gasteiger partial charge in [0.1, 0.15) is 5.75 Å². The normalized spacial score (nSPS) is 15.2. The van der Waals surface area contributed by atoms with Crippen molar-refractivity contribution in [3.63, 3.8) is 0 Å². The van der Waals surface area contributed by atoms with Crippen molar-refractivity contribution in [1.29, 1.82) is 0 Å². The minimum Gasteiger partial charge on any atom is -0.476 e. The van der Waals surface area contributed by atoms with Crippen LogP contribution in [0.1, 0.15) is 25.0 Å². The van der Waals surface area contributed by atoms with E-state index in [2.05, 4.69) is 24.1 Å². The van der Waals surface area contributed by atoms with Crippen LogP contribution in [-0.2, 0) is 21.4 Å². The molecule has 8 heteroatoms. The molecule has 1 aliphatic heterocycles. The average molecular weight is 494 g/mol. The largest absolute Gasteiger partial charge is 0.476 e. The van der Waals surface area contributed by atoms with Gasteiger partial charge in [0, 0.05) is 25.3 Å². The zero-order valence-corrected chi connectivity index (χ0v) is 21.1. The van der Waals surface area contributed by atoms with Crippen molar-refractivity contribution in [3.05, 3.63) is 83.9 Å². The Labute approximate surface area is 207 Å². The number of aryl methyl sites for hydroxylation is 1. The minimum absolute atomic E-state index is 0.111. The second kappa shape index (κ2) is 10.4. The van der Waals surface area contributed by atoms with Crippen LogP contribution in [-0.4, -0.2) is 40.1 Å². The van der Waals surface area contributed by atoms with E-state index in [1.165, 1.54) is 4.31 Å². The quantitative estimate of drug-likeness (QED) is 0.511. The van der Waals surface area contributed by atoms with E-state index in [0.717, 1.165) is 29.9 Å². The van der Waals surface area contributed by atoms with Crippen molar-refractivity contribution in [2.24, 2.45) is 0 Å². The Morgan fingerprint density at radius 3 is 2.37 bits per heavy atom. The number of nitrogens with one attached hydrogen (secondary N) is 1. The van der Waals surface area contributed by atoms with Crippen LogP contribution in [0.4, 0.5) is 11.4 Å². The minimum atomic E-state index is -3.87. The molecule has 0 aliphatic carbocycles. The van der Waals surface area contributed by atoms with Gasteiger partial charge in [-0.05, 0) is 68.3 Å². The molecule has 184 valence electrons. The van der Waals surface area contributed by atoms with Crippen molar-refractivity contribution < 1.29 is 17.9 Å². The Balaban J connectivity index is 1.53. The van der Waals surface area contributed by atoms with Crippen LogP contribution in [0.3, 0.4) is 0 Å². The molecule has 3 aromatic carbocycles. The molecule has 3 aromatic rings. The lowest BCUT2D eigenvalue weighted by Crippen LogP contribution is -2.50. The highest BCUT2D eigenvalue weighted by atomic mass is 32.2. The van der Waals surface area contributed by atoms with Gasteiger partial charge in [-0.2, -0.15) is 0 Å². The van der Waals surface area contributed by atoms with Crippen LogP contribution in [0.5, 0.6) is 5.75 Å². The number of hydrogen-bond donors (Lipinski definition) is 1. The molecule has 0 radical (unpaired) electrons. The first-order valence-corrected chi connectivity index (χ1v) is 13.2. The van der Waals surface area contributed by atoms with Gasteiger partial charge >= 0.3 is 0 Å². The lowest BCUT2D eigenvalue weighted by Gasteiger charge is -2.35. The number of amides is 1. The molecule has 0 fully saturated rings. The SMILES string of the molecule is CCN(CC)c1ccc(CNC(=O)[C@H]2CN(S(=O)(=O)c3ccccc3)c3ccc(C)cc3O2)cc1. The standard InChI is InChI=1S/C27H31N3O4S/c1-4-29(5-2)22-14-12-21(13-15-22)18-28-27(31)26-19-30(24-16-11-20(3)17-25(24)34-26)35(32,33)23-9-7-6-8-10-23/h6-17,26H,4-5,18-19H2,1-3H3,(H,28,31)/t26-/m1/s1. The summed E-state index contributed by atoms with van der Waals surface area (Å²) in [5.74, 6) is 0.0118. The van der Waals surface area contributed by atoms with E-state index in [1.807, 2.05) is 37.3 Å². The van der Waals surface area contributed by atoms with Crippen LogP contribution in [0, 0.1) is 6.92 Å². The molecule has 1 atom stereocenters. The lowest BCUT2D eigenvalue weighted by molar-refractivity contribution is -0.127. The number of benzene rings is 3. The molecule has 1 heterocycles. The molecule has 0 spiro atoms. The summed E-state index contributed by atoms with van der Waals surface area (Å²) in [6.07, 6.45) is -0.974. The van der Waals surface area contributed by atoms with Crippen LogP contribution in [0.15, 0.2) is 77.7 Å². The topological polar surface area (TPSA) is 79.0 Å². The van der Waals surface area contributed by atoms with Gasteiger partial charge in [0.2, 0.25) is 0 Å². The van der Waals surface area contributed by atoms with Gasteiger partial charge in [-0.1, -0.05) is 36.4 Å². The number of carbonyl (C=O) groups excluding carboxylic acids is 1. The highest BCUT2D eigenvalue weighted by Gasteiger charge is 2.37. The molecule has 4 rings (SSSR count). The highest BCUT2D eigenvalue weighted by Crippen LogP contribution is 2.37. The van der Waals surface area contributed by atoms with Crippen LogP contribution in [0.25, 0.3) is 0 Å². The molecular formula is C27H31N3O4S. The number of hydrogen-bond acceptors (Lipinski definition) is 5. The Morgan fingerprint density at radius 2 is 1.71 bits per heavy atom. The Bertz CT molecular complexity index is 1270. The van der Waals surface area contributed by atoms with Crippen molar-refractivity contribution in [1.82, 2.24) is 5.32 Å². The lowest BCUT2D eigenvalue weighted by atomic mass is 10.1. The maximum Gasteiger partial charge on any atom is 0.264 e. The third-order valence-electron chi connectivity index (χ3n) is 6.14. The Morgan fingerprint density at radius 1 is 1.03 bits per heavy atom. The zero-order valence-electron chi connectivity index (χ0n) is 20.3. The summed E-state index contributed by atoms with van der Waals surface area (Å²) in [5.41, 5.74) is 3.43. The molecule has 7 nitrogen and oxygen atoms in total. The van der Waals surface area contributed by atoms with Crippen LogP contribution in [0.2, 0.25) is 0 Å². The first-order chi connectivity index (χ1) is 16.8. The van der Waals surface area contributed by atoms with Gasteiger partial charge in [0.05, 0.1) is 17.1 Å². The first kappa shape index (κ1) is 24.6. The Hall–Kier alpha value is -3.52. The molecule has 1 amide bonds. The van der Waals surface area contributed by atoms with Crippen molar-refractivity contribution >= 4 is 27.3 Å². The van der Waals surface area contributed by atoms with Crippen LogP contribution >= 0.6 is 0 Å². The van der Waals surface area contributed by atoms with E-state index in [4.69, 9.17) is 4.74 Å². The number of nitrogens with zero attached hydrogens (tertiary/aromatic N) is 2. The maximum atomic E-state index is 13.5. The molecule has 35 heavy (non-hydrogen) atoms. The first-order valence-electron chi connectivity index (χ1n) is 11.8. The number of ether oxygens (including phenoxy) is 1. The van der Waals surface area contributed by atoms with Gasteiger partial charge in [-0.3, -0.25) is 9.10 Å². The van der Waals surface area contributed by atoms with E-state index >= 15 is 0 Å². The number of fused-ring (bicyclic) bond motifs is 1. The number of rotatable bonds is 8. The van der Waals surface area contributed by atoms with Crippen molar-refractivity contribution in [2.75, 3.05) is 28.8 Å². The summed E-state index contributed by atoms with van der Waals surface area (Å²) in [4.78, 5) is 15.5. The summed E-state index contributed by atoms with van der Waals surface area (Å²) in [7, 11) is -3.87. The monoisotopic (exact) mass is 493 g/mol. The van der Waals surface area contributed by atoms with E-state index < -0.39 is 16.1 Å². The van der Waals surface area contributed by atoms with Gasteiger partial charge < -0.3 is 15.0 Å². The molecule has 0 saturated heterocycles. The van der Waals surface area contributed by atoms with Gasteiger partial charge in [-0.15, -0.1) is 0 Å². The van der Waals surface area contributed by atoms with Gasteiger partial charge in [0.25, 0.3) is 15.9 Å². The smallest absolute Gasteiger partial charge is 0.264 e. The fraction of sp³-hybridized carbons (Fsp3) is 0.296. The Kier molecular flexibility index (Phi) is 7.31. The maximum absolute atomic E-state index is 13.5. The van der Waals surface area contributed by atoms with Crippen molar-refractivity contribution in [2.45, 2.75) is 38.3 Å².